The zero-order valence-corrected chi connectivity index (χ0v) is 17.0. The SMILES string of the molecule is C=C(NC(C(=O)OC)=C(Cl)C(N)=N[C@H](CO)Cc1c[nH]c2ccccc12)C1CC1. The van der Waals surface area contributed by atoms with E-state index in [1.807, 2.05) is 30.5 Å². The molecule has 0 spiro atoms. The molecule has 1 saturated carbocycles. The van der Waals surface area contributed by atoms with Crippen LogP contribution in [0.1, 0.15) is 18.4 Å². The van der Waals surface area contributed by atoms with Gasteiger partial charge in [-0.25, -0.2) is 4.79 Å². The molecule has 7 nitrogen and oxygen atoms in total. The molecule has 1 aliphatic rings. The van der Waals surface area contributed by atoms with Crippen molar-refractivity contribution in [1.29, 1.82) is 0 Å². The van der Waals surface area contributed by atoms with Crippen molar-refractivity contribution in [2.75, 3.05) is 13.7 Å². The smallest absolute Gasteiger partial charge is 0.356 e. The van der Waals surface area contributed by atoms with Crippen molar-refractivity contribution in [1.82, 2.24) is 10.3 Å². The normalized spacial score (nSPS) is 16.3. The Morgan fingerprint density at radius 2 is 2.21 bits per heavy atom. The Kier molecular flexibility index (Phi) is 6.61. The highest BCUT2D eigenvalue weighted by atomic mass is 35.5. The molecule has 0 saturated heterocycles. The number of aliphatic hydroxyl groups is 1. The summed E-state index contributed by atoms with van der Waals surface area (Å²) >= 11 is 6.35. The molecule has 1 heterocycles. The van der Waals surface area contributed by atoms with Crippen LogP contribution >= 0.6 is 11.6 Å². The van der Waals surface area contributed by atoms with E-state index in [0.29, 0.717) is 18.0 Å². The predicted octanol–water partition coefficient (Wildman–Crippen LogP) is 2.57. The highest BCUT2D eigenvalue weighted by Crippen LogP contribution is 2.34. The first-order valence-corrected chi connectivity index (χ1v) is 9.75. The fourth-order valence-electron chi connectivity index (χ4n) is 3.08. The van der Waals surface area contributed by atoms with Gasteiger partial charge in [-0.3, -0.25) is 4.99 Å². The predicted molar refractivity (Wildman–Crippen MR) is 114 cm³/mol. The van der Waals surface area contributed by atoms with Gasteiger partial charge in [0.15, 0.2) is 0 Å². The van der Waals surface area contributed by atoms with E-state index < -0.39 is 12.0 Å². The van der Waals surface area contributed by atoms with Gasteiger partial charge in [-0.05, 0) is 36.8 Å². The molecule has 0 bridgehead atoms. The van der Waals surface area contributed by atoms with E-state index in [1.165, 1.54) is 7.11 Å². The first-order valence-electron chi connectivity index (χ1n) is 9.38. The summed E-state index contributed by atoms with van der Waals surface area (Å²) in [7, 11) is 1.26. The summed E-state index contributed by atoms with van der Waals surface area (Å²) in [5.74, 6) is -0.404. The third kappa shape index (κ3) is 4.99. The minimum Gasteiger partial charge on any atom is -0.464 e. The lowest BCUT2D eigenvalue weighted by Gasteiger charge is -2.15. The van der Waals surface area contributed by atoms with Gasteiger partial charge in [-0.1, -0.05) is 36.4 Å². The average molecular weight is 417 g/mol. The van der Waals surface area contributed by atoms with E-state index >= 15 is 0 Å². The number of esters is 1. The van der Waals surface area contributed by atoms with Crippen LogP contribution in [-0.2, 0) is 16.0 Å². The fraction of sp³-hybridized carbons (Fsp3) is 0.333. The second kappa shape index (κ2) is 9.15. The number of H-pyrrole nitrogens is 1. The summed E-state index contributed by atoms with van der Waals surface area (Å²) in [6.07, 6.45) is 4.37. The van der Waals surface area contributed by atoms with E-state index in [1.54, 1.807) is 0 Å². The summed E-state index contributed by atoms with van der Waals surface area (Å²) in [5.41, 5.74) is 8.75. The van der Waals surface area contributed by atoms with Crippen molar-refractivity contribution in [3.63, 3.8) is 0 Å². The van der Waals surface area contributed by atoms with Crippen LogP contribution in [0.2, 0.25) is 0 Å². The van der Waals surface area contributed by atoms with Gasteiger partial charge in [0.25, 0.3) is 0 Å². The number of benzene rings is 1. The van der Waals surface area contributed by atoms with Crippen molar-refractivity contribution in [2.45, 2.75) is 25.3 Å². The van der Waals surface area contributed by atoms with Crippen molar-refractivity contribution in [3.8, 4) is 0 Å². The van der Waals surface area contributed by atoms with Gasteiger partial charge in [0.2, 0.25) is 0 Å². The van der Waals surface area contributed by atoms with Crippen LogP contribution in [0.3, 0.4) is 0 Å². The highest BCUT2D eigenvalue weighted by Gasteiger charge is 2.28. The number of hydrogen-bond acceptors (Lipinski definition) is 5. The summed E-state index contributed by atoms with van der Waals surface area (Å²) in [6, 6.07) is 7.35. The van der Waals surface area contributed by atoms with Crippen LogP contribution < -0.4 is 11.1 Å². The van der Waals surface area contributed by atoms with Gasteiger partial charge in [0.1, 0.15) is 16.6 Å². The number of nitrogens with zero attached hydrogens (tertiary/aromatic N) is 1. The van der Waals surface area contributed by atoms with Gasteiger partial charge in [-0.2, -0.15) is 0 Å². The number of aromatic nitrogens is 1. The number of allylic oxidation sites excluding steroid dienone is 1. The van der Waals surface area contributed by atoms with Crippen LogP contribution in [0.15, 0.2) is 58.5 Å². The second-order valence-electron chi connectivity index (χ2n) is 7.02. The number of aliphatic imine (C=N–C) groups is 1. The minimum absolute atomic E-state index is 0.00361. The first-order chi connectivity index (χ1) is 13.9. The van der Waals surface area contributed by atoms with Crippen molar-refractivity contribution in [3.05, 3.63) is 59.0 Å². The Morgan fingerprint density at radius 1 is 1.48 bits per heavy atom. The second-order valence-corrected chi connectivity index (χ2v) is 7.40. The fourth-order valence-corrected chi connectivity index (χ4v) is 3.25. The molecule has 8 heteroatoms. The number of rotatable bonds is 9. The summed E-state index contributed by atoms with van der Waals surface area (Å²) in [6.45, 7) is 3.71. The van der Waals surface area contributed by atoms with Crippen LogP contribution in [-0.4, -0.2) is 41.7 Å². The maximum Gasteiger partial charge on any atom is 0.356 e. The first kappa shape index (κ1) is 21.0. The molecule has 154 valence electrons. The quantitative estimate of drug-likeness (QED) is 0.217. The van der Waals surface area contributed by atoms with Gasteiger partial charge in [0.05, 0.1) is 19.8 Å². The molecule has 1 aromatic carbocycles. The van der Waals surface area contributed by atoms with Crippen LogP contribution in [0, 0.1) is 5.92 Å². The molecular weight excluding hydrogens is 392 g/mol. The van der Waals surface area contributed by atoms with Gasteiger partial charge in [-0.15, -0.1) is 0 Å². The minimum atomic E-state index is -0.660. The summed E-state index contributed by atoms with van der Waals surface area (Å²) in [4.78, 5) is 19.7. The third-order valence-electron chi connectivity index (χ3n) is 4.85. The Bertz CT molecular complexity index is 975. The third-order valence-corrected chi connectivity index (χ3v) is 5.24. The van der Waals surface area contributed by atoms with E-state index in [0.717, 1.165) is 29.3 Å². The lowest BCUT2D eigenvalue weighted by Crippen LogP contribution is -2.28. The number of hydrogen-bond donors (Lipinski definition) is 4. The Balaban J connectivity index is 1.83. The molecule has 0 radical (unpaired) electrons. The number of aromatic amines is 1. The van der Waals surface area contributed by atoms with Crippen molar-refractivity contribution >= 4 is 34.3 Å². The van der Waals surface area contributed by atoms with E-state index in [4.69, 9.17) is 22.1 Å². The zero-order valence-electron chi connectivity index (χ0n) is 16.2. The molecule has 29 heavy (non-hydrogen) atoms. The van der Waals surface area contributed by atoms with Gasteiger partial charge >= 0.3 is 5.97 Å². The lowest BCUT2D eigenvalue weighted by molar-refractivity contribution is -0.136. The molecule has 1 fully saturated rings. The Labute approximate surface area is 174 Å². The Hall–Kier alpha value is -2.77. The number of ether oxygens (including phenoxy) is 1. The molecule has 1 atom stereocenters. The number of carbonyl (C=O) groups excluding carboxylic acids is 1. The van der Waals surface area contributed by atoms with Crippen molar-refractivity contribution in [2.24, 2.45) is 16.6 Å². The molecule has 0 amide bonds. The average Bonchev–Trinajstić information content (AvgIpc) is 3.52. The van der Waals surface area contributed by atoms with E-state index in [-0.39, 0.29) is 23.2 Å². The summed E-state index contributed by atoms with van der Waals surface area (Å²) in [5, 5.41) is 13.7. The van der Waals surface area contributed by atoms with Crippen LogP contribution in [0.25, 0.3) is 10.9 Å². The number of amidine groups is 1. The number of aliphatic hydroxyl groups excluding tert-OH is 1. The molecule has 1 aliphatic carbocycles. The number of nitrogens with two attached hydrogens (primary N) is 1. The largest absolute Gasteiger partial charge is 0.464 e. The molecule has 3 rings (SSSR count). The van der Waals surface area contributed by atoms with E-state index in [2.05, 4.69) is 21.9 Å². The molecule has 2 aromatic rings. The molecular formula is C21H25ClN4O3. The van der Waals surface area contributed by atoms with Gasteiger partial charge in [0, 0.05) is 22.8 Å². The highest BCUT2D eigenvalue weighted by molar-refractivity contribution is 6.44. The van der Waals surface area contributed by atoms with Crippen LogP contribution in [0.4, 0.5) is 0 Å². The summed E-state index contributed by atoms with van der Waals surface area (Å²) < 4.78 is 4.80. The number of nitrogens with one attached hydrogen (secondary N) is 2. The van der Waals surface area contributed by atoms with Crippen LogP contribution in [0.5, 0.6) is 0 Å². The molecule has 5 N–H and O–H groups in total. The standard InChI is InChI=1S/C21H25ClN4O3/c1-12(13-7-8-13)25-19(21(28)29-2)18(22)20(23)26-15(11-27)9-14-10-24-17-6-4-3-5-16(14)17/h3-6,10,13,15,24-25,27H,1,7-9,11H2,2H3,(H2,23,26)/t15-/m0/s1. The maximum atomic E-state index is 12.2. The topological polar surface area (TPSA) is 113 Å². The number of halogens is 1. The van der Waals surface area contributed by atoms with E-state index in [9.17, 15) is 9.90 Å². The number of fused-ring (bicyclic) bond motifs is 1. The molecule has 1 aromatic heterocycles. The number of para-hydroxylation sites is 1. The molecule has 0 unspecified atom stereocenters. The van der Waals surface area contributed by atoms with Gasteiger partial charge < -0.3 is 25.9 Å². The zero-order chi connectivity index (χ0) is 21.0. The lowest BCUT2D eigenvalue weighted by atomic mass is 10.1. The maximum absolute atomic E-state index is 12.2. The number of carbonyl (C=O) groups is 1. The monoisotopic (exact) mass is 416 g/mol. The van der Waals surface area contributed by atoms with Crippen molar-refractivity contribution < 1.29 is 14.6 Å². The Morgan fingerprint density at radius 3 is 2.86 bits per heavy atom. The molecule has 0 aliphatic heterocycles. The number of methoxy groups -OCH3 is 1.